The Bertz CT molecular complexity index is 262. The van der Waals surface area contributed by atoms with Crippen LogP contribution >= 0.6 is 0 Å². The zero-order chi connectivity index (χ0) is 9.14. The van der Waals surface area contributed by atoms with Crippen molar-refractivity contribution in [2.75, 3.05) is 0 Å². The zero-order valence-electron chi connectivity index (χ0n) is 8.02. The van der Waals surface area contributed by atoms with Gasteiger partial charge in [0.15, 0.2) is 0 Å². The summed E-state index contributed by atoms with van der Waals surface area (Å²) in [6.45, 7) is 5.94. The molecule has 1 aliphatic rings. The number of benzene rings is 1. The lowest BCUT2D eigenvalue weighted by molar-refractivity contribution is 0.457. The van der Waals surface area contributed by atoms with Crippen LogP contribution in [-0.2, 0) is 12.8 Å². The second kappa shape index (κ2) is 3.61. The maximum absolute atomic E-state index is 9.44. The molecule has 1 heteroatoms. The van der Waals surface area contributed by atoms with Crippen molar-refractivity contribution in [2.24, 2.45) is 0 Å². The summed E-state index contributed by atoms with van der Waals surface area (Å²) in [5.74, 6) is 0.517. The summed E-state index contributed by atoms with van der Waals surface area (Å²) in [4.78, 5) is 0. The summed E-state index contributed by atoms with van der Waals surface area (Å²) in [5, 5.41) is 9.44. The van der Waals surface area contributed by atoms with Crippen LogP contribution in [-0.4, -0.2) is 5.11 Å². The SMILES string of the molecule is CC.Cc1ccc2c(c1O)CC2. The van der Waals surface area contributed by atoms with Crippen LogP contribution in [0.4, 0.5) is 0 Å². The largest absolute Gasteiger partial charge is 0.507 e. The minimum Gasteiger partial charge on any atom is -0.507 e. The maximum Gasteiger partial charge on any atom is 0.121 e. The third-order valence-electron chi connectivity index (χ3n) is 2.23. The molecule has 66 valence electrons. The van der Waals surface area contributed by atoms with E-state index >= 15 is 0 Å². The summed E-state index contributed by atoms with van der Waals surface area (Å²) in [6.07, 6.45) is 2.20. The number of hydrogen-bond donors (Lipinski definition) is 1. The highest BCUT2D eigenvalue weighted by molar-refractivity contribution is 5.49. The van der Waals surface area contributed by atoms with Crippen LogP contribution in [0.2, 0.25) is 0 Å². The predicted molar refractivity (Wildman–Crippen MR) is 51.6 cm³/mol. The summed E-state index contributed by atoms with van der Waals surface area (Å²) in [5.41, 5.74) is 3.49. The third-order valence-corrected chi connectivity index (χ3v) is 2.23. The summed E-state index contributed by atoms with van der Waals surface area (Å²) in [6, 6.07) is 4.08. The molecule has 0 saturated carbocycles. The van der Waals surface area contributed by atoms with Crippen LogP contribution < -0.4 is 0 Å². The summed E-state index contributed by atoms with van der Waals surface area (Å²) >= 11 is 0. The second-order valence-electron chi connectivity index (χ2n) is 2.87. The Hall–Kier alpha value is -0.980. The Morgan fingerprint density at radius 2 is 1.83 bits per heavy atom. The van der Waals surface area contributed by atoms with Gasteiger partial charge in [0.2, 0.25) is 0 Å². The number of fused-ring (bicyclic) bond motifs is 1. The molecular formula is C11H16O. The number of phenols is 1. The number of phenolic OH excluding ortho intramolecular Hbond substituents is 1. The molecule has 0 fully saturated rings. The molecule has 1 aromatic carbocycles. The van der Waals surface area contributed by atoms with E-state index in [9.17, 15) is 5.11 Å². The van der Waals surface area contributed by atoms with Gasteiger partial charge in [-0.3, -0.25) is 0 Å². The highest BCUT2D eigenvalue weighted by Crippen LogP contribution is 2.33. The van der Waals surface area contributed by atoms with Gasteiger partial charge in [-0.25, -0.2) is 0 Å². The predicted octanol–water partition coefficient (Wildman–Crippen LogP) is 2.83. The average Bonchev–Trinajstić information content (AvgIpc) is 2.04. The molecule has 0 spiro atoms. The van der Waals surface area contributed by atoms with Crippen LogP contribution in [0.5, 0.6) is 5.75 Å². The smallest absolute Gasteiger partial charge is 0.121 e. The molecule has 12 heavy (non-hydrogen) atoms. The lowest BCUT2D eigenvalue weighted by Crippen LogP contribution is -2.08. The van der Waals surface area contributed by atoms with E-state index in [1.165, 1.54) is 11.1 Å². The van der Waals surface area contributed by atoms with E-state index in [0.717, 1.165) is 18.4 Å². The monoisotopic (exact) mass is 164 g/mol. The van der Waals surface area contributed by atoms with Crippen molar-refractivity contribution in [3.05, 3.63) is 28.8 Å². The Morgan fingerprint density at radius 3 is 2.25 bits per heavy atom. The van der Waals surface area contributed by atoms with Crippen molar-refractivity contribution < 1.29 is 5.11 Å². The molecule has 0 heterocycles. The number of rotatable bonds is 0. The van der Waals surface area contributed by atoms with E-state index in [1.807, 2.05) is 26.8 Å². The highest BCUT2D eigenvalue weighted by Gasteiger charge is 2.17. The third kappa shape index (κ3) is 1.31. The van der Waals surface area contributed by atoms with Crippen molar-refractivity contribution in [3.63, 3.8) is 0 Å². The molecule has 0 aromatic heterocycles. The first-order valence-electron chi connectivity index (χ1n) is 4.59. The van der Waals surface area contributed by atoms with Gasteiger partial charge >= 0.3 is 0 Å². The van der Waals surface area contributed by atoms with Gasteiger partial charge in [0.05, 0.1) is 0 Å². The van der Waals surface area contributed by atoms with Gasteiger partial charge in [-0.05, 0) is 36.5 Å². The fourth-order valence-corrected chi connectivity index (χ4v) is 1.39. The Balaban J connectivity index is 0.000000336. The van der Waals surface area contributed by atoms with E-state index in [1.54, 1.807) is 0 Å². The Kier molecular flexibility index (Phi) is 2.74. The minimum atomic E-state index is 0.517. The summed E-state index contributed by atoms with van der Waals surface area (Å²) < 4.78 is 0. The van der Waals surface area contributed by atoms with E-state index in [2.05, 4.69) is 6.07 Å². The molecule has 2 rings (SSSR count). The van der Waals surface area contributed by atoms with Crippen molar-refractivity contribution >= 4 is 0 Å². The fourth-order valence-electron chi connectivity index (χ4n) is 1.39. The molecule has 1 aliphatic carbocycles. The van der Waals surface area contributed by atoms with Crippen molar-refractivity contribution in [3.8, 4) is 5.75 Å². The fraction of sp³-hybridized carbons (Fsp3) is 0.455. The normalized spacial score (nSPS) is 12.2. The van der Waals surface area contributed by atoms with Crippen LogP contribution in [0.25, 0.3) is 0 Å². The van der Waals surface area contributed by atoms with E-state index in [4.69, 9.17) is 0 Å². The van der Waals surface area contributed by atoms with Crippen molar-refractivity contribution in [1.82, 2.24) is 0 Å². The molecule has 0 atom stereocenters. The van der Waals surface area contributed by atoms with E-state index in [-0.39, 0.29) is 0 Å². The zero-order valence-corrected chi connectivity index (χ0v) is 8.02. The van der Waals surface area contributed by atoms with Crippen LogP contribution in [0.3, 0.4) is 0 Å². The molecule has 0 saturated heterocycles. The Labute approximate surface area is 74.1 Å². The number of aromatic hydroxyl groups is 1. The van der Waals surface area contributed by atoms with Gasteiger partial charge in [0.1, 0.15) is 5.75 Å². The van der Waals surface area contributed by atoms with Crippen molar-refractivity contribution in [2.45, 2.75) is 33.6 Å². The second-order valence-corrected chi connectivity index (χ2v) is 2.87. The molecule has 0 unspecified atom stereocenters. The van der Waals surface area contributed by atoms with Crippen LogP contribution in [0, 0.1) is 6.92 Å². The minimum absolute atomic E-state index is 0.517. The van der Waals surface area contributed by atoms with Crippen LogP contribution in [0.15, 0.2) is 12.1 Å². The van der Waals surface area contributed by atoms with Gasteiger partial charge in [0.25, 0.3) is 0 Å². The topological polar surface area (TPSA) is 20.2 Å². The summed E-state index contributed by atoms with van der Waals surface area (Å²) in [7, 11) is 0. The molecule has 1 aromatic rings. The quantitative estimate of drug-likeness (QED) is 0.625. The highest BCUT2D eigenvalue weighted by atomic mass is 16.3. The first kappa shape index (κ1) is 9.11. The lowest BCUT2D eigenvalue weighted by atomic mass is 9.86. The molecular weight excluding hydrogens is 148 g/mol. The van der Waals surface area contributed by atoms with E-state index in [0.29, 0.717) is 5.75 Å². The molecule has 0 amide bonds. The molecule has 1 N–H and O–H groups in total. The van der Waals surface area contributed by atoms with Crippen LogP contribution in [0.1, 0.15) is 30.5 Å². The standard InChI is InChI=1S/C9H10O.C2H6/c1-6-2-3-7-4-5-8(7)9(6)10;1-2/h2-3,10H,4-5H2,1H3;1-2H3. The first-order chi connectivity index (χ1) is 5.79. The lowest BCUT2D eigenvalue weighted by Gasteiger charge is -2.20. The number of hydrogen-bond acceptors (Lipinski definition) is 1. The van der Waals surface area contributed by atoms with Crippen molar-refractivity contribution in [1.29, 1.82) is 0 Å². The van der Waals surface area contributed by atoms with Gasteiger partial charge in [-0.1, -0.05) is 26.0 Å². The average molecular weight is 164 g/mol. The number of aryl methyl sites for hydroxylation is 2. The first-order valence-corrected chi connectivity index (χ1v) is 4.59. The molecule has 0 bridgehead atoms. The van der Waals surface area contributed by atoms with Gasteiger partial charge in [0, 0.05) is 0 Å². The molecule has 1 nitrogen and oxygen atoms in total. The van der Waals surface area contributed by atoms with Gasteiger partial charge in [-0.15, -0.1) is 0 Å². The molecule has 0 aliphatic heterocycles. The maximum atomic E-state index is 9.44. The van der Waals surface area contributed by atoms with E-state index < -0.39 is 0 Å². The molecule has 0 radical (unpaired) electrons. The van der Waals surface area contributed by atoms with Gasteiger partial charge < -0.3 is 5.11 Å². The van der Waals surface area contributed by atoms with Gasteiger partial charge in [-0.2, -0.15) is 0 Å². The Morgan fingerprint density at radius 1 is 1.17 bits per heavy atom.